The number of halogens is 1. The molecule has 22 heavy (non-hydrogen) atoms. The molecule has 1 aromatic carbocycles. The van der Waals surface area contributed by atoms with E-state index in [0.717, 1.165) is 26.2 Å². The Bertz CT molecular complexity index is 632. The van der Waals surface area contributed by atoms with Crippen LogP contribution >= 0.6 is 7.67 Å². The topological polar surface area (TPSA) is 75.5 Å². The fourth-order valence-corrected chi connectivity index (χ4v) is 4.67. The summed E-state index contributed by atoms with van der Waals surface area (Å²) in [6, 6.07) is 4.21. The molecule has 9 heteroatoms. The van der Waals surface area contributed by atoms with Crippen LogP contribution < -0.4 is 0 Å². The van der Waals surface area contributed by atoms with Crippen molar-refractivity contribution in [1.29, 1.82) is 0 Å². The number of hydrogen-bond acceptors (Lipinski definition) is 4. The molecule has 0 amide bonds. The van der Waals surface area contributed by atoms with Crippen molar-refractivity contribution in [3.63, 3.8) is 0 Å². The SMILES string of the molecule is CC(OP(=O)(N1CC1)N1CC1)c1ccc([N+](=O)[O-])c(CF)c1. The Kier molecular flexibility index (Phi) is 4.03. The van der Waals surface area contributed by atoms with Gasteiger partial charge in [-0.05, 0) is 24.6 Å². The quantitative estimate of drug-likeness (QED) is 0.331. The molecule has 2 aliphatic heterocycles. The summed E-state index contributed by atoms with van der Waals surface area (Å²) in [7, 11) is -2.98. The minimum Gasteiger partial charge on any atom is -0.298 e. The van der Waals surface area contributed by atoms with Crippen LogP contribution in [0, 0.1) is 10.1 Å². The molecule has 1 atom stereocenters. The number of nitro groups is 1. The van der Waals surface area contributed by atoms with Crippen molar-refractivity contribution in [2.75, 3.05) is 26.2 Å². The average molecular weight is 329 g/mol. The van der Waals surface area contributed by atoms with Crippen LogP contribution in [0.5, 0.6) is 0 Å². The first-order chi connectivity index (χ1) is 10.5. The summed E-state index contributed by atoms with van der Waals surface area (Å²) < 4.78 is 35.3. The molecule has 0 aromatic heterocycles. The Labute approximate surface area is 127 Å². The first kappa shape index (κ1) is 15.6. The van der Waals surface area contributed by atoms with E-state index in [1.165, 1.54) is 18.2 Å². The Morgan fingerprint density at radius 3 is 2.41 bits per heavy atom. The van der Waals surface area contributed by atoms with Gasteiger partial charge in [-0.15, -0.1) is 0 Å². The van der Waals surface area contributed by atoms with Crippen molar-refractivity contribution in [2.24, 2.45) is 0 Å². The van der Waals surface area contributed by atoms with E-state index in [2.05, 4.69) is 0 Å². The van der Waals surface area contributed by atoms with Crippen molar-refractivity contribution < 1.29 is 18.4 Å². The molecular weight excluding hydrogens is 312 g/mol. The van der Waals surface area contributed by atoms with Gasteiger partial charge in [0.2, 0.25) is 0 Å². The van der Waals surface area contributed by atoms with Crippen LogP contribution in [-0.2, 0) is 15.8 Å². The van der Waals surface area contributed by atoms with Crippen LogP contribution in [0.2, 0.25) is 0 Å². The molecular formula is C13H17FN3O4P. The molecule has 0 N–H and O–H groups in total. The second-order valence-corrected chi connectivity index (χ2v) is 7.75. The van der Waals surface area contributed by atoms with Crippen molar-refractivity contribution in [2.45, 2.75) is 19.7 Å². The minimum atomic E-state index is -2.98. The molecule has 3 rings (SSSR count). The first-order valence-electron chi connectivity index (χ1n) is 7.08. The molecule has 2 fully saturated rings. The van der Waals surface area contributed by atoms with E-state index in [0.29, 0.717) is 5.56 Å². The van der Waals surface area contributed by atoms with Gasteiger partial charge >= 0.3 is 7.67 Å². The molecule has 1 unspecified atom stereocenters. The summed E-state index contributed by atoms with van der Waals surface area (Å²) in [5.74, 6) is 0. The maximum atomic E-state index is 13.0. The van der Waals surface area contributed by atoms with Gasteiger partial charge in [-0.2, -0.15) is 0 Å². The van der Waals surface area contributed by atoms with Gasteiger partial charge in [-0.25, -0.2) is 13.7 Å². The highest BCUT2D eigenvalue weighted by molar-refractivity contribution is 7.54. The lowest BCUT2D eigenvalue weighted by atomic mass is 10.1. The molecule has 0 spiro atoms. The highest BCUT2D eigenvalue weighted by Gasteiger charge is 2.50. The predicted molar refractivity (Wildman–Crippen MR) is 78.2 cm³/mol. The highest BCUT2D eigenvalue weighted by atomic mass is 31.2. The van der Waals surface area contributed by atoms with Crippen LogP contribution in [-0.4, -0.2) is 40.4 Å². The summed E-state index contributed by atoms with van der Waals surface area (Å²) in [6.07, 6.45) is -0.530. The Hall–Kier alpha value is -1.34. The standard InChI is InChI=1S/C13H17FN3O4P/c1-10(21-22(20,15-4-5-15)16-6-7-16)11-2-3-13(17(18)19)12(8-11)9-14/h2-3,8,10H,4-7,9H2,1H3. The predicted octanol–water partition coefficient (Wildman–Crippen LogP) is 2.88. The number of alkyl halides is 1. The van der Waals surface area contributed by atoms with Gasteiger partial charge in [0, 0.05) is 32.2 Å². The molecule has 0 radical (unpaired) electrons. The van der Waals surface area contributed by atoms with Gasteiger partial charge in [0.1, 0.15) is 6.67 Å². The van der Waals surface area contributed by atoms with Gasteiger partial charge in [0.05, 0.1) is 16.6 Å². The lowest BCUT2D eigenvalue weighted by Crippen LogP contribution is -2.11. The smallest absolute Gasteiger partial charge is 0.298 e. The van der Waals surface area contributed by atoms with Gasteiger partial charge in [-0.3, -0.25) is 19.2 Å². The molecule has 2 heterocycles. The van der Waals surface area contributed by atoms with Crippen molar-refractivity contribution in [3.05, 3.63) is 39.4 Å². The summed E-state index contributed by atoms with van der Waals surface area (Å²) in [5.41, 5.74) is 0.340. The van der Waals surface area contributed by atoms with Crippen LogP contribution in [0.25, 0.3) is 0 Å². The molecule has 1 aromatic rings. The summed E-state index contributed by atoms with van der Waals surface area (Å²) in [6.45, 7) is 3.79. The molecule has 2 saturated heterocycles. The van der Waals surface area contributed by atoms with E-state index in [1.54, 1.807) is 16.3 Å². The van der Waals surface area contributed by atoms with Crippen LogP contribution in [0.4, 0.5) is 10.1 Å². The van der Waals surface area contributed by atoms with Crippen LogP contribution in [0.15, 0.2) is 18.2 Å². The highest BCUT2D eigenvalue weighted by Crippen LogP contribution is 2.63. The second kappa shape index (κ2) is 5.70. The first-order valence-corrected chi connectivity index (χ1v) is 8.61. The second-order valence-electron chi connectivity index (χ2n) is 5.42. The number of hydrogen-bond donors (Lipinski definition) is 0. The molecule has 120 valence electrons. The number of benzene rings is 1. The van der Waals surface area contributed by atoms with Crippen molar-refractivity contribution in [1.82, 2.24) is 9.34 Å². The van der Waals surface area contributed by atoms with Crippen LogP contribution in [0.3, 0.4) is 0 Å². The zero-order valence-electron chi connectivity index (χ0n) is 12.1. The van der Waals surface area contributed by atoms with Gasteiger partial charge in [0.15, 0.2) is 0 Å². The van der Waals surface area contributed by atoms with E-state index in [4.69, 9.17) is 4.52 Å². The summed E-state index contributed by atoms with van der Waals surface area (Å²) in [5, 5.41) is 10.8. The van der Waals surface area contributed by atoms with Gasteiger partial charge < -0.3 is 0 Å². The Morgan fingerprint density at radius 1 is 1.36 bits per heavy atom. The Morgan fingerprint density at radius 2 is 1.95 bits per heavy atom. The number of rotatable bonds is 7. The third kappa shape index (κ3) is 2.92. The fourth-order valence-electron chi connectivity index (χ4n) is 2.32. The van der Waals surface area contributed by atoms with Crippen LogP contribution in [0.1, 0.15) is 24.2 Å². The zero-order valence-corrected chi connectivity index (χ0v) is 13.0. The van der Waals surface area contributed by atoms with Crippen molar-refractivity contribution in [3.8, 4) is 0 Å². The molecule has 7 nitrogen and oxygen atoms in total. The molecule has 2 aliphatic rings. The van der Waals surface area contributed by atoms with Gasteiger partial charge in [-0.1, -0.05) is 0 Å². The van der Waals surface area contributed by atoms with Crippen molar-refractivity contribution >= 4 is 13.4 Å². The zero-order chi connectivity index (χ0) is 15.9. The third-order valence-electron chi connectivity index (χ3n) is 3.77. The minimum absolute atomic E-state index is 0.00578. The number of nitrogens with zero attached hydrogens (tertiary/aromatic N) is 3. The normalized spacial score (nSPS) is 19.9. The van der Waals surface area contributed by atoms with E-state index in [-0.39, 0.29) is 11.3 Å². The maximum absolute atomic E-state index is 13.0. The van der Waals surface area contributed by atoms with Gasteiger partial charge in [0.25, 0.3) is 5.69 Å². The third-order valence-corrected chi connectivity index (χ3v) is 6.59. The molecule has 0 saturated carbocycles. The fraction of sp³-hybridized carbons (Fsp3) is 0.538. The van der Waals surface area contributed by atoms with E-state index in [9.17, 15) is 19.1 Å². The summed E-state index contributed by atoms with van der Waals surface area (Å²) in [4.78, 5) is 10.2. The summed E-state index contributed by atoms with van der Waals surface area (Å²) >= 11 is 0. The monoisotopic (exact) mass is 329 g/mol. The lowest BCUT2D eigenvalue weighted by Gasteiger charge is -2.24. The van der Waals surface area contributed by atoms with E-state index >= 15 is 0 Å². The number of nitro benzene ring substituents is 1. The maximum Gasteiger partial charge on any atom is 0.346 e. The molecule has 0 bridgehead atoms. The molecule has 0 aliphatic carbocycles. The van der Waals surface area contributed by atoms with E-state index < -0.39 is 25.4 Å². The van der Waals surface area contributed by atoms with E-state index in [1.807, 2.05) is 0 Å². The average Bonchev–Trinajstić information content (AvgIpc) is 3.37. The largest absolute Gasteiger partial charge is 0.346 e. The Balaban J connectivity index is 1.81. The lowest BCUT2D eigenvalue weighted by molar-refractivity contribution is -0.385.